The predicted molar refractivity (Wildman–Crippen MR) is 85.3 cm³/mol. The van der Waals surface area contributed by atoms with Gasteiger partial charge in [0, 0.05) is 12.2 Å². The summed E-state index contributed by atoms with van der Waals surface area (Å²) in [7, 11) is 0. The first kappa shape index (κ1) is 18.5. The number of carboxylic acids is 1. The van der Waals surface area contributed by atoms with Gasteiger partial charge in [-0.05, 0) is 24.1 Å². The van der Waals surface area contributed by atoms with Gasteiger partial charge in [-0.2, -0.15) is 5.26 Å². The van der Waals surface area contributed by atoms with Crippen molar-refractivity contribution in [1.29, 1.82) is 5.26 Å². The van der Waals surface area contributed by atoms with Crippen molar-refractivity contribution in [2.75, 3.05) is 5.75 Å². The number of hydrogen-bond acceptors (Lipinski definition) is 5. The van der Waals surface area contributed by atoms with E-state index in [1.807, 2.05) is 6.07 Å². The van der Waals surface area contributed by atoms with Crippen molar-refractivity contribution in [3.05, 3.63) is 35.4 Å². The molecule has 23 heavy (non-hydrogen) atoms. The Kier molecular flexibility index (Phi) is 7.63. The number of nitrogens with zero attached hydrogens (tertiary/aromatic N) is 1. The van der Waals surface area contributed by atoms with E-state index in [1.165, 1.54) is 11.8 Å². The second-order valence-corrected chi connectivity index (χ2v) is 5.75. The Hall–Kier alpha value is -2.53. The van der Waals surface area contributed by atoms with Crippen LogP contribution in [0.5, 0.6) is 0 Å². The zero-order valence-corrected chi connectivity index (χ0v) is 13.1. The van der Waals surface area contributed by atoms with Gasteiger partial charge >= 0.3 is 5.97 Å². The van der Waals surface area contributed by atoms with Crippen molar-refractivity contribution in [1.82, 2.24) is 5.32 Å². The topological polar surface area (TPSA) is 133 Å². The number of thioether (sulfide) groups is 1. The highest BCUT2D eigenvalue weighted by atomic mass is 32.2. The van der Waals surface area contributed by atoms with Crippen molar-refractivity contribution < 1.29 is 19.5 Å². The molecule has 4 N–H and O–H groups in total. The Labute approximate surface area is 137 Å². The number of benzene rings is 1. The summed E-state index contributed by atoms with van der Waals surface area (Å²) in [5, 5.41) is 20.1. The fourth-order valence-corrected chi connectivity index (χ4v) is 2.52. The van der Waals surface area contributed by atoms with Crippen LogP contribution in [0.4, 0.5) is 0 Å². The molecular formula is C15H17N3O4S. The molecule has 1 atom stereocenters. The standard InChI is InChI=1S/C15H17N3O4S/c16-7-10-1-3-11(4-2-10)8-23-9-14(20)18-12(15(21)22)5-6-13(17)19/h1-4,12H,5-6,8-9H2,(H2,17,19)(H,18,20)(H,21,22). The average Bonchev–Trinajstić information content (AvgIpc) is 2.51. The molecule has 122 valence electrons. The van der Waals surface area contributed by atoms with E-state index in [4.69, 9.17) is 16.1 Å². The fraction of sp³-hybridized carbons (Fsp3) is 0.333. The molecule has 0 radical (unpaired) electrons. The summed E-state index contributed by atoms with van der Waals surface area (Å²) in [4.78, 5) is 33.4. The van der Waals surface area contributed by atoms with Gasteiger partial charge in [0.2, 0.25) is 11.8 Å². The van der Waals surface area contributed by atoms with Gasteiger partial charge in [0.25, 0.3) is 0 Å². The molecule has 0 bridgehead atoms. The highest BCUT2D eigenvalue weighted by molar-refractivity contribution is 7.99. The van der Waals surface area contributed by atoms with Gasteiger partial charge in [-0.25, -0.2) is 4.79 Å². The Morgan fingerprint density at radius 2 is 1.96 bits per heavy atom. The second-order valence-electron chi connectivity index (χ2n) is 4.76. The largest absolute Gasteiger partial charge is 0.480 e. The number of hydrogen-bond donors (Lipinski definition) is 3. The molecule has 0 heterocycles. The van der Waals surface area contributed by atoms with Gasteiger partial charge in [0.1, 0.15) is 6.04 Å². The van der Waals surface area contributed by atoms with Crippen molar-refractivity contribution in [3.63, 3.8) is 0 Å². The van der Waals surface area contributed by atoms with Crippen LogP contribution in [0.3, 0.4) is 0 Å². The molecule has 1 aromatic carbocycles. The van der Waals surface area contributed by atoms with Gasteiger partial charge in [-0.3, -0.25) is 9.59 Å². The third-order valence-corrected chi connectivity index (χ3v) is 3.90. The molecule has 0 aliphatic rings. The number of aliphatic carboxylic acids is 1. The molecular weight excluding hydrogens is 318 g/mol. The number of carbonyl (C=O) groups excluding carboxylic acids is 2. The maximum Gasteiger partial charge on any atom is 0.326 e. The molecule has 1 aromatic rings. The number of nitriles is 1. The minimum atomic E-state index is -1.20. The summed E-state index contributed by atoms with van der Waals surface area (Å²) >= 11 is 1.33. The molecule has 7 nitrogen and oxygen atoms in total. The van der Waals surface area contributed by atoms with E-state index in [0.29, 0.717) is 11.3 Å². The average molecular weight is 335 g/mol. The Morgan fingerprint density at radius 1 is 1.30 bits per heavy atom. The number of carbonyl (C=O) groups is 3. The zero-order chi connectivity index (χ0) is 17.2. The van der Waals surface area contributed by atoms with Gasteiger partial charge in [0.05, 0.1) is 17.4 Å². The normalized spacial score (nSPS) is 11.3. The quantitative estimate of drug-likeness (QED) is 0.606. The van der Waals surface area contributed by atoms with E-state index in [-0.39, 0.29) is 18.6 Å². The lowest BCUT2D eigenvalue weighted by Gasteiger charge is -2.13. The zero-order valence-electron chi connectivity index (χ0n) is 12.3. The molecule has 0 aliphatic carbocycles. The molecule has 1 rings (SSSR count). The van der Waals surface area contributed by atoms with Crippen molar-refractivity contribution in [3.8, 4) is 6.07 Å². The van der Waals surface area contributed by atoms with Gasteiger partial charge in [0.15, 0.2) is 0 Å². The smallest absolute Gasteiger partial charge is 0.326 e. The van der Waals surface area contributed by atoms with Crippen LogP contribution in [0.25, 0.3) is 0 Å². The first-order valence-corrected chi connectivity index (χ1v) is 7.95. The number of nitrogens with one attached hydrogen (secondary N) is 1. The van der Waals surface area contributed by atoms with E-state index in [9.17, 15) is 14.4 Å². The molecule has 0 spiro atoms. The number of nitrogens with two attached hydrogens (primary N) is 1. The molecule has 0 aliphatic heterocycles. The van der Waals surface area contributed by atoms with E-state index < -0.39 is 23.8 Å². The van der Waals surface area contributed by atoms with E-state index in [1.54, 1.807) is 24.3 Å². The van der Waals surface area contributed by atoms with E-state index in [0.717, 1.165) is 5.56 Å². The van der Waals surface area contributed by atoms with Crippen LogP contribution in [0, 0.1) is 11.3 Å². The third-order valence-electron chi connectivity index (χ3n) is 2.90. The second kappa shape index (κ2) is 9.48. The van der Waals surface area contributed by atoms with Crippen molar-refractivity contribution >= 4 is 29.5 Å². The maximum absolute atomic E-state index is 11.7. The minimum absolute atomic E-state index is 0.0311. The molecule has 2 amide bonds. The van der Waals surface area contributed by atoms with Crippen LogP contribution in [0.2, 0.25) is 0 Å². The van der Waals surface area contributed by atoms with Gasteiger partial charge in [-0.1, -0.05) is 12.1 Å². The minimum Gasteiger partial charge on any atom is -0.480 e. The number of carboxylic acid groups (broad SMARTS) is 1. The maximum atomic E-state index is 11.7. The first-order valence-electron chi connectivity index (χ1n) is 6.79. The number of rotatable bonds is 9. The summed E-state index contributed by atoms with van der Waals surface area (Å²) in [5.41, 5.74) is 6.50. The Balaban J connectivity index is 2.38. The molecule has 0 fully saturated rings. The summed E-state index contributed by atoms with van der Waals surface area (Å²) in [6.45, 7) is 0. The fourth-order valence-electron chi connectivity index (χ4n) is 1.72. The summed E-state index contributed by atoms with van der Waals surface area (Å²) in [5.74, 6) is -1.56. The van der Waals surface area contributed by atoms with Crippen LogP contribution in [0.1, 0.15) is 24.0 Å². The summed E-state index contributed by atoms with van der Waals surface area (Å²) in [6.07, 6.45) is -0.133. The molecule has 0 saturated heterocycles. The highest BCUT2D eigenvalue weighted by Gasteiger charge is 2.20. The monoisotopic (exact) mass is 335 g/mol. The van der Waals surface area contributed by atoms with E-state index in [2.05, 4.69) is 5.32 Å². The summed E-state index contributed by atoms with van der Waals surface area (Å²) in [6, 6.07) is 7.89. The lowest BCUT2D eigenvalue weighted by atomic mass is 10.1. The molecule has 8 heteroatoms. The first-order chi connectivity index (χ1) is 10.9. The number of primary amides is 1. The Bertz CT molecular complexity index is 610. The molecule has 1 unspecified atom stereocenters. The Morgan fingerprint density at radius 3 is 2.48 bits per heavy atom. The van der Waals surface area contributed by atoms with Crippen LogP contribution in [-0.2, 0) is 20.1 Å². The molecule has 0 aromatic heterocycles. The van der Waals surface area contributed by atoms with Gasteiger partial charge in [-0.15, -0.1) is 11.8 Å². The SMILES string of the molecule is N#Cc1ccc(CSCC(=O)NC(CCC(N)=O)C(=O)O)cc1. The van der Waals surface area contributed by atoms with Crippen LogP contribution in [0.15, 0.2) is 24.3 Å². The van der Waals surface area contributed by atoms with Crippen molar-refractivity contribution in [2.45, 2.75) is 24.6 Å². The number of amides is 2. The highest BCUT2D eigenvalue weighted by Crippen LogP contribution is 2.13. The van der Waals surface area contributed by atoms with Crippen molar-refractivity contribution in [2.24, 2.45) is 5.73 Å². The van der Waals surface area contributed by atoms with Crippen LogP contribution < -0.4 is 11.1 Å². The van der Waals surface area contributed by atoms with Gasteiger partial charge < -0.3 is 16.2 Å². The predicted octanol–water partition coefficient (Wildman–Crippen LogP) is 0.626. The molecule has 0 saturated carbocycles. The lowest BCUT2D eigenvalue weighted by Crippen LogP contribution is -2.42. The third kappa shape index (κ3) is 7.33. The lowest BCUT2D eigenvalue weighted by molar-refractivity contribution is -0.141. The van der Waals surface area contributed by atoms with Crippen LogP contribution in [-0.4, -0.2) is 34.7 Å². The summed E-state index contributed by atoms with van der Waals surface area (Å²) < 4.78 is 0. The van der Waals surface area contributed by atoms with Crippen LogP contribution >= 0.6 is 11.8 Å². The van der Waals surface area contributed by atoms with E-state index >= 15 is 0 Å².